The van der Waals surface area contributed by atoms with E-state index in [2.05, 4.69) is 10.5 Å². The molecule has 86 valence electrons. The maximum atomic E-state index is 12.9. The van der Waals surface area contributed by atoms with Crippen molar-refractivity contribution in [2.24, 2.45) is 5.16 Å². The summed E-state index contributed by atoms with van der Waals surface area (Å²) in [6.45, 7) is 1.45. The quantitative estimate of drug-likeness (QED) is 0.207. The van der Waals surface area contributed by atoms with Crippen LogP contribution in [-0.2, 0) is 4.79 Å². The third-order valence-electron chi connectivity index (χ3n) is 1.62. The summed E-state index contributed by atoms with van der Waals surface area (Å²) in [4.78, 5) is 10.1. The molecule has 0 heterocycles. The first-order valence-electron chi connectivity index (χ1n) is 4.55. The van der Waals surface area contributed by atoms with Crippen LogP contribution in [0, 0.1) is 0 Å². The normalized spacial score (nSPS) is 12.7. The molecular formula is C9H15FN2O3. The van der Waals surface area contributed by atoms with Crippen LogP contribution < -0.4 is 5.32 Å². The van der Waals surface area contributed by atoms with E-state index in [0.717, 1.165) is 0 Å². The Bertz CT molecular complexity index is 264. The van der Waals surface area contributed by atoms with Crippen LogP contribution in [0.25, 0.3) is 0 Å². The Morgan fingerprint density at radius 1 is 1.60 bits per heavy atom. The lowest BCUT2D eigenvalue weighted by Crippen LogP contribution is -2.21. The maximum absolute atomic E-state index is 12.9. The van der Waals surface area contributed by atoms with Gasteiger partial charge < -0.3 is 15.6 Å². The molecule has 3 N–H and O–H groups in total. The average molecular weight is 218 g/mol. The predicted octanol–water partition coefficient (Wildman–Crippen LogP) is 1.49. The number of hydrogen-bond donors (Lipinski definition) is 3. The summed E-state index contributed by atoms with van der Waals surface area (Å²) in [5.41, 5.74) is 0. The van der Waals surface area contributed by atoms with Gasteiger partial charge in [-0.3, -0.25) is 4.79 Å². The minimum Gasteiger partial charge on any atom is -0.481 e. The Kier molecular flexibility index (Phi) is 6.96. The lowest BCUT2D eigenvalue weighted by atomic mass is 10.2. The van der Waals surface area contributed by atoms with Gasteiger partial charge in [0, 0.05) is 6.42 Å². The minimum absolute atomic E-state index is 0.0360. The molecule has 0 fully saturated rings. The Hall–Kier alpha value is -1.59. The second kappa shape index (κ2) is 7.78. The fourth-order valence-corrected chi connectivity index (χ4v) is 0.832. The van der Waals surface area contributed by atoms with Crippen molar-refractivity contribution >= 4 is 11.8 Å². The molecule has 0 aliphatic rings. The van der Waals surface area contributed by atoms with Gasteiger partial charge in [-0.15, -0.1) is 0 Å². The van der Waals surface area contributed by atoms with Crippen LogP contribution in [0.4, 0.5) is 4.39 Å². The largest absolute Gasteiger partial charge is 0.481 e. The third kappa shape index (κ3) is 8.73. The van der Waals surface area contributed by atoms with Crippen LogP contribution in [0.5, 0.6) is 0 Å². The van der Waals surface area contributed by atoms with Crippen LogP contribution in [0.3, 0.4) is 0 Å². The van der Waals surface area contributed by atoms with Crippen molar-refractivity contribution < 1.29 is 19.5 Å². The molecule has 0 saturated carbocycles. The first kappa shape index (κ1) is 13.4. The van der Waals surface area contributed by atoms with Crippen molar-refractivity contribution in [2.75, 3.05) is 6.54 Å². The van der Waals surface area contributed by atoms with Crippen molar-refractivity contribution in [1.82, 2.24) is 5.32 Å². The fraction of sp³-hybridized carbons (Fsp3) is 0.556. The maximum Gasteiger partial charge on any atom is 0.303 e. The molecule has 0 saturated heterocycles. The second-order valence-electron chi connectivity index (χ2n) is 2.98. The number of allylic oxidation sites excluding steroid dienone is 1. The molecule has 0 atom stereocenters. The van der Waals surface area contributed by atoms with E-state index in [9.17, 15) is 9.18 Å². The van der Waals surface area contributed by atoms with Gasteiger partial charge >= 0.3 is 5.97 Å². The zero-order chi connectivity index (χ0) is 11.7. The molecule has 0 aromatic heterocycles. The standard InChI is InChI=1S/C9H15FN2O3/c1-7(12-15)11-6-8(10)4-2-3-5-9(13)14/h4,15H,2-3,5-6H2,1H3,(H,11,12)(H,13,14)/b8-4-. The zero-order valence-electron chi connectivity index (χ0n) is 8.53. The summed E-state index contributed by atoms with van der Waals surface area (Å²) in [5, 5.41) is 21.9. The third-order valence-corrected chi connectivity index (χ3v) is 1.62. The lowest BCUT2D eigenvalue weighted by Gasteiger charge is -2.01. The van der Waals surface area contributed by atoms with E-state index in [1.807, 2.05) is 0 Å². The molecule has 0 aliphatic heterocycles. The highest BCUT2D eigenvalue weighted by molar-refractivity contribution is 5.78. The Morgan fingerprint density at radius 2 is 2.27 bits per heavy atom. The number of halogens is 1. The van der Waals surface area contributed by atoms with E-state index < -0.39 is 11.8 Å². The molecule has 0 rings (SSSR count). The summed E-state index contributed by atoms with van der Waals surface area (Å²) in [7, 11) is 0. The molecule has 0 spiro atoms. The first-order valence-corrected chi connectivity index (χ1v) is 4.55. The van der Waals surface area contributed by atoms with E-state index in [1.165, 1.54) is 13.0 Å². The molecule has 15 heavy (non-hydrogen) atoms. The monoisotopic (exact) mass is 218 g/mol. The van der Waals surface area contributed by atoms with Gasteiger partial charge in [-0.05, 0) is 19.8 Å². The zero-order valence-corrected chi connectivity index (χ0v) is 8.53. The van der Waals surface area contributed by atoms with Crippen LogP contribution in [0.15, 0.2) is 17.1 Å². The topological polar surface area (TPSA) is 81.9 Å². The van der Waals surface area contributed by atoms with Crippen molar-refractivity contribution in [3.05, 3.63) is 11.9 Å². The lowest BCUT2D eigenvalue weighted by molar-refractivity contribution is -0.137. The van der Waals surface area contributed by atoms with E-state index in [0.29, 0.717) is 12.8 Å². The number of hydrogen-bond acceptors (Lipinski definition) is 3. The molecule has 0 aliphatic carbocycles. The van der Waals surface area contributed by atoms with E-state index in [4.69, 9.17) is 10.3 Å². The van der Waals surface area contributed by atoms with Gasteiger partial charge in [-0.2, -0.15) is 0 Å². The molecule has 0 aromatic carbocycles. The Morgan fingerprint density at radius 3 is 2.80 bits per heavy atom. The number of nitrogens with zero attached hydrogens (tertiary/aromatic N) is 1. The summed E-state index contributed by atoms with van der Waals surface area (Å²) in [6.07, 6.45) is 2.15. The number of carboxylic acids is 1. The molecule has 0 bridgehead atoms. The van der Waals surface area contributed by atoms with E-state index >= 15 is 0 Å². The van der Waals surface area contributed by atoms with Crippen LogP contribution in [-0.4, -0.2) is 28.7 Å². The van der Waals surface area contributed by atoms with Crippen molar-refractivity contribution in [3.8, 4) is 0 Å². The smallest absolute Gasteiger partial charge is 0.303 e. The van der Waals surface area contributed by atoms with Gasteiger partial charge in [-0.25, -0.2) is 4.39 Å². The predicted molar refractivity (Wildman–Crippen MR) is 53.6 cm³/mol. The number of nitrogens with one attached hydrogen (secondary N) is 1. The molecule has 0 unspecified atom stereocenters. The molecule has 0 aromatic rings. The van der Waals surface area contributed by atoms with Crippen molar-refractivity contribution in [2.45, 2.75) is 26.2 Å². The van der Waals surface area contributed by atoms with Crippen LogP contribution in [0.1, 0.15) is 26.2 Å². The second-order valence-corrected chi connectivity index (χ2v) is 2.98. The molecular weight excluding hydrogens is 203 g/mol. The molecule has 6 heteroatoms. The van der Waals surface area contributed by atoms with Crippen LogP contribution >= 0.6 is 0 Å². The van der Waals surface area contributed by atoms with Gasteiger partial charge in [0.2, 0.25) is 0 Å². The highest BCUT2D eigenvalue weighted by Gasteiger charge is 1.97. The van der Waals surface area contributed by atoms with Gasteiger partial charge in [0.25, 0.3) is 0 Å². The Labute approximate surface area is 87.3 Å². The molecule has 0 radical (unpaired) electrons. The minimum atomic E-state index is -0.884. The average Bonchev–Trinajstić information content (AvgIpc) is 2.20. The fourth-order valence-electron chi connectivity index (χ4n) is 0.832. The van der Waals surface area contributed by atoms with Gasteiger partial charge in [-0.1, -0.05) is 11.2 Å². The number of unbranched alkanes of at least 4 members (excludes halogenated alkanes) is 1. The number of amidine groups is 1. The van der Waals surface area contributed by atoms with E-state index in [1.54, 1.807) is 0 Å². The summed E-state index contributed by atoms with van der Waals surface area (Å²) in [5.74, 6) is -1.06. The van der Waals surface area contributed by atoms with Crippen molar-refractivity contribution in [1.29, 1.82) is 0 Å². The SMILES string of the molecule is C/C(=N\O)NC/C(F)=C/CCCC(=O)O. The summed E-state index contributed by atoms with van der Waals surface area (Å²) < 4.78 is 12.9. The van der Waals surface area contributed by atoms with Crippen LogP contribution in [0.2, 0.25) is 0 Å². The number of carboxylic acid groups (broad SMARTS) is 1. The summed E-state index contributed by atoms with van der Waals surface area (Å²) in [6, 6.07) is 0. The van der Waals surface area contributed by atoms with Gasteiger partial charge in [0.1, 0.15) is 11.7 Å². The van der Waals surface area contributed by atoms with Gasteiger partial charge in [0.15, 0.2) is 0 Å². The van der Waals surface area contributed by atoms with Gasteiger partial charge in [0.05, 0.1) is 6.54 Å². The highest BCUT2D eigenvalue weighted by atomic mass is 19.1. The number of rotatable bonds is 6. The number of oxime groups is 1. The van der Waals surface area contributed by atoms with E-state index in [-0.39, 0.29) is 18.8 Å². The molecule has 0 amide bonds. The van der Waals surface area contributed by atoms with Crippen molar-refractivity contribution in [3.63, 3.8) is 0 Å². The molecule has 5 nitrogen and oxygen atoms in total. The number of aliphatic carboxylic acids is 1. The first-order chi connectivity index (χ1) is 7.06. The summed E-state index contributed by atoms with van der Waals surface area (Å²) >= 11 is 0. The highest BCUT2D eigenvalue weighted by Crippen LogP contribution is 2.02. The number of carbonyl (C=O) groups is 1. The Balaban J connectivity index is 3.65.